The lowest BCUT2D eigenvalue weighted by Gasteiger charge is -2.32. The van der Waals surface area contributed by atoms with E-state index < -0.39 is 29.2 Å². The molecule has 30 heavy (non-hydrogen) atoms. The van der Waals surface area contributed by atoms with E-state index in [-0.39, 0.29) is 12.2 Å². The van der Waals surface area contributed by atoms with E-state index in [0.29, 0.717) is 18.6 Å². The second-order valence-corrected chi connectivity index (χ2v) is 7.24. The topological polar surface area (TPSA) is 71.0 Å². The van der Waals surface area contributed by atoms with Crippen LogP contribution < -0.4 is 5.32 Å². The summed E-state index contributed by atoms with van der Waals surface area (Å²) in [5, 5.41) is 8.06. The number of carbonyl (C=O) groups excluding carboxylic acids is 2. The molecule has 2 aromatic carbocycles. The number of fused-ring (bicyclic) bond motifs is 3. The van der Waals surface area contributed by atoms with Crippen LogP contribution in [0.25, 0.3) is 0 Å². The average Bonchev–Trinajstić information content (AvgIpc) is 3.15. The molecule has 1 atom stereocenters. The SMILES string of the molecule is COC(=O)C12CCc3ccccc3C1=NN(C(=O)Nc1ccc(C(F)(F)F)cc1)C2. The van der Waals surface area contributed by atoms with Gasteiger partial charge in [0.15, 0.2) is 0 Å². The second-order valence-electron chi connectivity index (χ2n) is 7.24. The highest BCUT2D eigenvalue weighted by atomic mass is 19.4. The Hall–Kier alpha value is -3.36. The summed E-state index contributed by atoms with van der Waals surface area (Å²) in [4.78, 5) is 25.4. The number of alkyl halides is 3. The first kappa shape index (κ1) is 19.9. The summed E-state index contributed by atoms with van der Waals surface area (Å²) >= 11 is 0. The number of rotatable bonds is 2. The normalized spacial score (nSPS) is 20.1. The van der Waals surface area contributed by atoms with E-state index in [2.05, 4.69) is 10.4 Å². The van der Waals surface area contributed by atoms with Crippen LogP contribution in [0.3, 0.4) is 0 Å². The second kappa shape index (κ2) is 7.16. The number of hydrogen-bond acceptors (Lipinski definition) is 4. The van der Waals surface area contributed by atoms with Crippen LogP contribution in [0.15, 0.2) is 53.6 Å². The molecule has 0 saturated heterocycles. The van der Waals surface area contributed by atoms with Crippen molar-refractivity contribution in [1.82, 2.24) is 5.01 Å². The lowest BCUT2D eigenvalue weighted by Crippen LogP contribution is -2.46. The monoisotopic (exact) mass is 417 g/mol. The molecule has 156 valence electrons. The number of hydrogen-bond donors (Lipinski definition) is 1. The van der Waals surface area contributed by atoms with Crippen molar-refractivity contribution in [2.24, 2.45) is 10.5 Å². The standard InChI is InChI=1S/C21H18F3N3O3/c1-30-18(28)20-11-10-13-4-2-3-5-16(13)17(20)26-27(12-20)19(29)25-15-8-6-14(7-9-15)21(22,23)24/h2-9H,10-12H2,1H3,(H,25,29). The number of ether oxygens (including phenoxy) is 1. The van der Waals surface area contributed by atoms with E-state index in [1.54, 1.807) is 0 Å². The fourth-order valence-corrected chi connectivity index (χ4v) is 3.92. The minimum Gasteiger partial charge on any atom is -0.468 e. The summed E-state index contributed by atoms with van der Waals surface area (Å²) in [6.45, 7) is -0.00416. The van der Waals surface area contributed by atoms with Crippen LogP contribution in [-0.2, 0) is 22.1 Å². The smallest absolute Gasteiger partial charge is 0.416 e. The van der Waals surface area contributed by atoms with Crippen LogP contribution in [0.4, 0.5) is 23.7 Å². The van der Waals surface area contributed by atoms with Gasteiger partial charge in [0, 0.05) is 11.3 Å². The van der Waals surface area contributed by atoms with Crippen LogP contribution in [0.2, 0.25) is 0 Å². The van der Waals surface area contributed by atoms with E-state index in [4.69, 9.17) is 4.74 Å². The predicted octanol–water partition coefficient (Wildman–Crippen LogP) is 4.06. The number of anilines is 1. The summed E-state index contributed by atoms with van der Waals surface area (Å²) < 4.78 is 43.2. The molecule has 6 nitrogen and oxygen atoms in total. The largest absolute Gasteiger partial charge is 0.468 e. The van der Waals surface area contributed by atoms with Crippen LogP contribution in [0, 0.1) is 5.41 Å². The van der Waals surface area contributed by atoms with E-state index in [0.717, 1.165) is 28.3 Å². The summed E-state index contributed by atoms with van der Waals surface area (Å²) in [5.74, 6) is -0.472. The number of urea groups is 1. The lowest BCUT2D eigenvalue weighted by atomic mass is 9.70. The fraction of sp³-hybridized carbons (Fsp3) is 0.286. The number of methoxy groups -OCH3 is 1. The van der Waals surface area contributed by atoms with E-state index >= 15 is 0 Å². The number of carbonyl (C=O) groups is 2. The van der Waals surface area contributed by atoms with Gasteiger partial charge >= 0.3 is 18.2 Å². The van der Waals surface area contributed by atoms with Crippen molar-refractivity contribution in [3.8, 4) is 0 Å². The number of nitrogens with one attached hydrogen (secondary N) is 1. The Labute approximate surface area is 170 Å². The van der Waals surface area contributed by atoms with Gasteiger partial charge in [-0.1, -0.05) is 24.3 Å². The number of esters is 1. The van der Waals surface area contributed by atoms with Gasteiger partial charge in [-0.15, -0.1) is 0 Å². The molecule has 0 bridgehead atoms. The summed E-state index contributed by atoms with van der Waals surface area (Å²) in [5.41, 5.74) is 0.601. The first-order valence-electron chi connectivity index (χ1n) is 9.26. The van der Waals surface area contributed by atoms with Gasteiger partial charge in [-0.25, -0.2) is 9.80 Å². The van der Waals surface area contributed by atoms with Gasteiger partial charge in [0.25, 0.3) is 0 Å². The highest BCUT2D eigenvalue weighted by Crippen LogP contribution is 2.42. The Morgan fingerprint density at radius 1 is 1.13 bits per heavy atom. The van der Waals surface area contributed by atoms with Crippen LogP contribution in [-0.4, -0.2) is 36.4 Å². The zero-order chi connectivity index (χ0) is 21.5. The van der Waals surface area contributed by atoms with Crippen molar-refractivity contribution in [2.45, 2.75) is 19.0 Å². The van der Waals surface area contributed by atoms with E-state index in [1.165, 1.54) is 19.2 Å². The maximum atomic E-state index is 12.7. The van der Waals surface area contributed by atoms with Gasteiger partial charge in [-0.2, -0.15) is 18.3 Å². The zero-order valence-electron chi connectivity index (χ0n) is 16.0. The third-order valence-electron chi connectivity index (χ3n) is 5.46. The molecule has 1 unspecified atom stereocenters. The molecule has 2 aliphatic rings. The molecule has 1 aliphatic heterocycles. The number of benzene rings is 2. The molecular formula is C21H18F3N3O3. The van der Waals surface area contributed by atoms with Crippen LogP contribution >= 0.6 is 0 Å². The molecule has 0 fully saturated rings. The molecule has 0 spiro atoms. The Bertz CT molecular complexity index is 1030. The Balaban J connectivity index is 1.61. The van der Waals surface area contributed by atoms with Gasteiger partial charge < -0.3 is 10.1 Å². The molecule has 4 rings (SSSR count). The van der Waals surface area contributed by atoms with Gasteiger partial charge in [0.1, 0.15) is 5.41 Å². The fourth-order valence-electron chi connectivity index (χ4n) is 3.92. The third-order valence-corrected chi connectivity index (χ3v) is 5.46. The summed E-state index contributed by atoms with van der Waals surface area (Å²) in [6.07, 6.45) is -3.38. The Kier molecular flexibility index (Phi) is 4.76. The summed E-state index contributed by atoms with van der Waals surface area (Å²) in [6, 6.07) is 11.0. The van der Waals surface area contributed by atoms with Crippen molar-refractivity contribution in [2.75, 3.05) is 19.0 Å². The zero-order valence-corrected chi connectivity index (χ0v) is 16.0. The van der Waals surface area contributed by atoms with Gasteiger partial charge in [0.2, 0.25) is 0 Å². The quantitative estimate of drug-likeness (QED) is 0.749. The Morgan fingerprint density at radius 3 is 2.50 bits per heavy atom. The number of halogens is 3. The van der Waals surface area contributed by atoms with Gasteiger partial charge in [0.05, 0.1) is 24.9 Å². The van der Waals surface area contributed by atoms with Crippen molar-refractivity contribution in [3.05, 3.63) is 65.2 Å². The van der Waals surface area contributed by atoms with Crippen molar-refractivity contribution in [3.63, 3.8) is 0 Å². The molecule has 0 radical (unpaired) electrons. The molecule has 2 amide bonds. The first-order valence-corrected chi connectivity index (χ1v) is 9.26. The predicted molar refractivity (Wildman–Crippen MR) is 103 cm³/mol. The van der Waals surface area contributed by atoms with Crippen LogP contribution in [0.1, 0.15) is 23.1 Å². The number of aryl methyl sites for hydroxylation is 1. The molecule has 1 heterocycles. The molecule has 0 aromatic heterocycles. The number of nitrogens with zero attached hydrogens (tertiary/aromatic N) is 2. The minimum atomic E-state index is -4.46. The molecule has 1 N–H and O–H groups in total. The van der Waals surface area contributed by atoms with E-state index in [1.807, 2.05) is 24.3 Å². The molecule has 0 saturated carbocycles. The lowest BCUT2D eigenvalue weighted by molar-refractivity contribution is -0.149. The minimum absolute atomic E-state index is 0.00416. The van der Waals surface area contributed by atoms with E-state index in [9.17, 15) is 22.8 Å². The van der Waals surface area contributed by atoms with Crippen molar-refractivity contribution < 1.29 is 27.5 Å². The number of hydrazone groups is 1. The maximum absolute atomic E-state index is 12.7. The van der Waals surface area contributed by atoms with Crippen molar-refractivity contribution >= 4 is 23.4 Å². The maximum Gasteiger partial charge on any atom is 0.416 e. The molecule has 9 heteroatoms. The van der Waals surface area contributed by atoms with Gasteiger partial charge in [-0.05, 0) is 42.7 Å². The third kappa shape index (κ3) is 3.30. The highest BCUT2D eigenvalue weighted by Gasteiger charge is 2.53. The average molecular weight is 417 g/mol. The highest BCUT2D eigenvalue weighted by molar-refractivity contribution is 6.18. The van der Waals surface area contributed by atoms with Gasteiger partial charge in [-0.3, -0.25) is 4.79 Å². The first-order chi connectivity index (χ1) is 14.2. The number of amides is 2. The molecule has 1 aliphatic carbocycles. The van der Waals surface area contributed by atoms with Crippen LogP contribution in [0.5, 0.6) is 0 Å². The van der Waals surface area contributed by atoms with Crippen molar-refractivity contribution in [1.29, 1.82) is 0 Å². The molecule has 2 aromatic rings. The molecular weight excluding hydrogens is 399 g/mol. The summed E-state index contributed by atoms with van der Waals surface area (Å²) in [7, 11) is 1.29. The Morgan fingerprint density at radius 2 is 1.83 bits per heavy atom.